The number of nitrogens with zero attached hydrogens (tertiary/aromatic N) is 1. The average molecular weight is 433 g/mol. The van der Waals surface area contributed by atoms with Gasteiger partial charge >= 0.3 is 0 Å². The molecular weight excluding hydrogens is 407 g/mol. The molecule has 1 heterocycles. The summed E-state index contributed by atoms with van der Waals surface area (Å²) in [6, 6.07) is 6.26. The van der Waals surface area contributed by atoms with Crippen molar-refractivity contribution >= 4 is 23.3 Å². The number of rotatable bonds is 7. The van der Waals surface area contributed by atoms with E-state index in [9.17, 15) is 19.1 Å². The summed E-state index contributed by atoms with van der Waals surface area (Å²) in [6.07, 6.45) is 6.62. The van der Waals surface area contributed by atoms with E-state index in [4.69, 9.17) is 11.6 Å². The molecule has 0 saturated heterocycles. The maximum absolute atomic E-state index is 13.3. The minimum Gasteiger partial charge on any atom is -0.507 e. The van der Waals surface area contributed by atoms with Gasteiger partial charge in [0.25, 0.3) is 5.91 Å². The lowest BCUT2D eigenvalue weighted by atomic mass is 9.82. The fourth-order valence-electron chi connectivity index (χ4n) is 4.00. The Morgan fingerprint density at radius 2 is 1.93 bits per heavy atom. The lowest BCUT2D eigenvalue weighted by molar-refractivity contribution is 0.0914. The first-order chi connectivity index (χ1) is 14.3. The van der Waals surface area contributed by atoms with Crippen LogP contribution in [-0.4, -0.2) is 27.8 Å². The zero-order valence-corrected chi connectivity index (χ0v) is 17.7. The van der Waals surface area contributed by atoms with Crippen LogP contribution in [0.4, 0.5) is 4.39 Å². The van der Waals surface area contributed by atoms with Crippen molar-refractivity contribution in [1.29, 1.82) is 0 Å². The van der Waals surface area contributed by atoms with E-state index < -0.39 is 5.82 Å². The minimum atomic E-state index is -0.568. The number of aryl methyl sites for hydroxylation is 1. The number of ketones is 1. The van der Waals surface area contributed by atoms with E-state index in [1.807, 2.05) is 6.92 Å². The van der Waals surface area contributed by atoms with Gasteiger partial charge in [-0.3, -0.25) is 9.59 Å². The van der Waals surface area contributed by atoms with Crippen LogP contribution >= 0.6 is 11.6 Å². The van der Waals surface area contributed by atoms with Gasteiger partial charge in [0.05, 0.1) is 17.3 Å². The third kappa shape index (κ3) is 5.79. The Labute approximate surface area is 180 Å². The second-order valence-corrected chi connectivity index (χ2v) is 8.38. The van der Waals surface area contributed by atoms with Crippen molar-refractivity contribution in [3.05, 3.63) is 58.1 Å². The summed E-state index contributed by atoms with van der Waals surface area (Å²) in [4.78, 5) is 28.3. The normalized spacial score (nSPS) is 18.8. The first kappa shape index (κ1) is 22.2. The van der Waals surface area contributed by atoms with E-state index >= 15 is 0 Å². The second-order valence-electron chi connectivity index (χ2n) is 8.02. The number of hydrogen-bond donors (Lipinski definition) is 2. The number of carbonyl (C=O) groups is 2. The van der Waals surface area contributed by atoms with Gasteiger partial charge in [0.2, 0.25) is 0 Å². The molecule has 1 aromatic heterocycles. The molecule has 1 amide bonds. The number of halogens is 2. The molecule has 3 rings (SSSR count). The van der Waals surface area contributed by atoms with Crippen molar-refractivity contribution in [1.82, 2.24) is 10.3 Å². The molecule has 0 spiro atoms. The van der Waals surface area contributed by atoms with Gasteiger partial charge in [-0.1, -0.05) is 24.1 Å². The van der Waals surface area contributed by atoms with E-state index in [0.717, 1.165) is 49.9 Å². The van der Waals surface area contributed by atoms with E-state index in [2.05, 4.69) is 10.3 Å². The highest BCUT2D eigenvalue weighted by atomic mass is 35.5. The lowest BCUT2D eigenvalue weighted by Crippen LogP contribution is -2.37. The van der Waals surface area contributed by atoms with E-state index in [0.29, 0.717) is 24.3 Å². The molecule has 2 aromatic rings. The number of phenolic OH excluding ortho intramolecular Hbond substituents is 1. The average Bonchev–Trinajstić information content (AvgIpc) is 2.71. The van der Waals surface area contributed by atoms with Crippen molar-refractivity contribution in [2.24, 2.45) is 5.92 Å². The molecule has 1 saturated carbocycles. The standard InChI is InChI=1S/C23H26ClFN2O3/c1-14-5-10-18(21(29)11-14)23(30)27-17-8-6-15(7-9-17)3-2-4-20(28)19-12-16(25)13-26-22(19)24/h5,10-13,15,17,29H,2-4,6-9H2,1H3,(H,27,30). The highest BCUT2D eigenvalue weighted by molar-refractivity contribution is 6.32. The summed E-state index contributed by atoms with van der Waals surface area (Å²) in [5, 5.41) is 13.0. The van der Waals surface area contributed by atoms with Gasteiger partial charge in [0, 0.05) is 12.5 Å². The molecule has 0 unspecified atom stereocenters. The number of pyridine rings is 1. The summed E-state index contributed by atoms with van der Waals surface area (Å²) < 4.78 is 13.3. The minimum absolute atomic E-state index is 0.000506. The quantitative estimate of drug-likeness (QED) is 0.463. The van der Waals surface area contributed by atoms with Gasteiger partial charge in [-0.25, -0.2) is 9.37 Å². The van der Waals surface area contributed by atoms with Crippen LogP contribution in [0.3, 0.4) is 0 Å². The van der Waals surface area contributed by atoms with Gasteiger partial charge in [-0.15, -0.1) is 0 Å². The first-order valence-corrected chi connectivity index (χ1v) is 10.7. The predicted octanol–water partition coefficient (Wildman–Crippen LogP) is 5.23. The van der Waals surface area contributed by atoms with E-state index in [1.54, 1.807) is 18.2 Å². The topological polar surface area (TPSA) is 79.3 Å². The molecule has 1 aliphatic carbocycles. The van der Waals surface area contributed by atoms with Crippen molar-refractivity contribution in [2.45, 2.75) is 57.9 Å². The summed E-state index contributed by atoms with van der Waals surface area (Å²) >= 11 is 5.89. The van der Waals surface area contributed by atoms with Gasteiger partial charge in [0.15, 0.2) is 5.78 Å². The Morgan fingerprint density at radius 3 is 2.63 bits per heavy atom. The molecular formula is C23H26ClFN2O3. The molecule has 0 bridgehead atoms. The van der Waals surface area contributed by atoms with Crippen LogP contribution in [0.1, 0.15) is 71.2 Å². The van der Waals surface area contributed by atoms with Gasteiger partial charge in [0.1, 0.15) is 16.7 Å². The Balaban J connectivity index is 1.41. The fraction of sp³-hybridized carbons (Fsp3) is 0.435. The molecule has 1 aromatic carbocycles. The van der Waals surface area contributed by atoms with Crippen LogP contribution in [0.15, 0.2) is 30.5 Å². The van der Waals surface area contributed by atoms with Crippen molar-refractivity contribution < 1.29 is 19.1 Å². The molecule has 7 heteroatoms. The van der Waals surface area contributed by atoms with Crippen LogP contribution in [0.5, 0.6) is 5.75 Å². The Bertz CT molecular complexity index is 927. The first-order valence-electron chi connectivity index (χ1n) is 10.3. The number of carbonyl (C=O) groups excluding carboxylic acids is 2. The van der Waals surface area contributed by atoms with Crippen molar-refractivity contribution in [3.63, 3.8) is 0 Å². The number of nitrogens with one attached hydrogen (secondary N) is 1. The summed E-state index contributed by atoms with van der Waals surface area (Å²) in [7, 11) is 0. The van der Waals surface area contributed by atoms with Crippen LogP contribution in [0.25, 0.3) is 0 Å². The summed E-state index contributed by atoms with van der Waals surface area (Å²) in [5.74, 6) is -0.505. The fourth-order valence-corrected chi connectivity index (χ4v) is 4.21. The molecule has 160 valence electrons. The Kier molecular flexibility index (Phi) is 7.43. The molecule has 0 aliphatic heterocycles. The van der Waals surface area contributed by atoms with Gasteiger partial charge in [-0.05, 0) is 68.7 Å². The monoisotopic (exact) mass is 432 g/mol. The highest BCUT2D eigenvalue weighted by Gasteiger charge is 2.24. The highest BCUT2D eigenvalue weighted by Crippen LogP contribution is 2.29. The van der Waals surface area contributed by atoms with Crippen molar-refractivity contribution in [2.75, 3.05) is 0 Å². The summed E-state index contributed by atoms with van der Waals surface area (Å²) in [5.41, 5.74) is 1.34. The number of phenols is 1. The number of aromatic hydroxyl groups is 1. The number of Topliss-reactive ketones (excluding diaryl/α,β-unsaturated/α-hetero) is 1. The van der Waals surface area contributed by atoms with E-state index in [-0.39, 0.29) is 34.2 Å². The molecule has 30 heavy (non-hydrogen) atoms. The smallest absolute Gasteiger partial charge is 0.255 e. The second kappa shape index (κ2) is 10.0. The Hall–Kier alpha value is -2.47. The largest absolute Gasteiger partial charge is 0.507 e. The number of amides is 1. The van der Waals surface area contributed by atoms with Crippen LogP contribution in [0, 0.1) is 18.7 Å². The molecule has 2 N–H and O–H groups in total. The van der Waals surface area contributed by atoms with Crippen LogP contribution in [-0.2, 0) is 0 Å². The molecule has 0 radical (unpaired) electrons. The number of hydrogen-bond acceptors (Lipinski definition) is 4. The maximum atomic E-state index is 13.3. The van der Waals surface area contributed by atoms with Gasteiger partial charge < -0.3 is 10.4 Å². The van der Waals surface area contributed by atoms with Crippen LogP contribution in [0.2, 0.25) is 5.15 Å². The zero-order chi connectivity index (χ0) is 21.7. The predicted molar refractivity (Wildman–Crippen MR) is 113 cm³/mol. The Morgan fingerprint density at radius 1 is 1.20 bits per heavy atom. The number of benzene rings is 1. The van der Waals surface area contributed by atoms with Crippen molar-refractivity contribution in [3.8, 4) is 5.75 Å². The third-order valence-electron chi connectivity index (χ3n) is 5.70. The molecule has 5 nitrogen and oxygen atoms in total. The maximum Gasteiger partial charge on any atom is 0.255 e. The third-order valence-corrected chi connectivity index (χ3v) is 6.00. The van der Waals surface area contributed by atoms with Crippen LogP contribution < -0.4 is 5.32 Å². The SMILES string of the molecule is Cc1ccc(C(=O)NC2CCC(CCCC(=O)c3cc(F)cnc3Cl)CC2)c(O)c1. The zero-order valence-electron chi connectivity index (χ0n) is 17.0. The molecule has 1 aliphatic rings. The summed E-state index contributed by atoms with van der Waals surface area (Å²) in [6.45, 7) is 1.86. The van der Waals surface area contributed by atoms with E-state index in [1.165, 1.54) is 0 Å². The molecule has 0 atom stereocenters. The lowest BCUT2D eigenvalue weighted by Gasteiger charge is -2.29. The van der Waals surface area contributed by atoms with Gasteiger partial charge in [-0.2, -0.15) is 0 Å². The molecule has 1 fully saturated rings. The number of aromatic nitrogens is 1.